The number of nitrogens with zero attached hydrogens (tertiary/aromatic N) is 6. The third-order valence-corrected chi connectivity index (χ3v) is 14.2. The van der Waals surface area contributed by atoms with Gasteiger partial charge in [-0.05, 0) is 152 Å². The van der Waals surface area contributed by atoms with E-state index in [9.17, 15) is 10.5 Å². The largest absolute Gasteiger partial charge is 0.294 e. The molecular formula is C64H36N6. The Hall–Kier alpha value is -9.88. The van der Waals surface area contributed by atoms with Crippen LogP contribution in [0.2, 0.25) is 0 Å². The van der Waals surface area contributed by atoms with Crippen LogP contribution in [0.1, 0.15) is 11.1 Å². The van der Waals surface area contributed by atoms with Crippen LogP contribution in [0.25, 0.3) is 132 Å². The zero-order valence-corrected chi connectivity index (χ0v) is 37.5. The average molecular weight is 889 g/mol. The molecule has 0 saturated heterocycles. The van der Waals surface area contributed by atoms with Gasteiger partial charge in [0.05, 0.1) is 56.4 Å². The Bertz CT molecular complexity index is 4340. The van der Waals surface area contributed by atoms with Gasteiger partial charge in [0.15, 0.2) is 0 Å². The lowest BCUT2D eigenvalue weighted by atomic mass is 9.87. The van der Waals surface area contributed by atoms with E-state index in [1.807, 2.05) is 72.8 Å². The smallest absolute Gasteiger partial charge is 0.138 e. The van der Waals surface area contributed by atoms with E-state index in [-0.39, 0.29) is 0 Å². The Morgan fingerprint density at radius 3 is 1.09 bits per heavy atom. The van der Waals surface area contributed by atoms with Crippen LogP contribution in [0.4, 0.5) is 0 Å². The Morgan fingerprint density at radius 2 is 0.657 bits per heavy atom. The molecular weight excluding hydrogens is 853 g/mol. The maximum Gasteiger partial charge on any atom is 0.138 e. The fourth-order valence-corrected chi connectivity index (χ4v) is 10.9. The normalized spacial score (nSPS) is 11.7. The summed E-state index contributed by atoms with van der Waals surface area (Å²) >= 11 is 0. The molecule has 0 unspecified atom stereocenters. The highest BCUT2D eigenvalue weighted by Crippen LogP contribution is 2.44. The van der Waals surface area contributed by atoms with Gasteiger partial charge in [-0.3, -0.25) is 9.13 Å². The zero-order chi connectivity index (χ0) is 46.5. The molecule has 0 aliphatic carbocycles. The number of benzene rings is 10. The molecule has 0 amide bonds. The van der Waals surface area contributed by atoms with Crippen molar-refractivity contribution in [3.63, 3.8) is 0 Å². The summed E-state index contributed by atoms with van der Waals surface area (Å²) in [6.07, 6.45) is 0. The predicted molar refractivity (Wildman–Crippen MR) is 286 cm³/mol. The van der Waals surface area contributed by atoms with E-state index in [4.69, 9.17) is 9.97 Å². The minimum Gasteiger partial charge on any atom is -0.294 e. The number of nitriles is 2. The topological polar surface area (TPSA) is 83.2 Å². The SMILES string of the molecule is N#Cc1ccc2c(c1)c1cc(-c3ccc(-c4ccc(-c5ccc6c(c5)c5cc(C#N)ccc5n6-c5ccc6ccccc6n5)c5ccccc45)c4ccccc34)ccc1n2-c1ccc2ccccc2n1. The fourth-order valence-electron chi connectivity index (χ4n) is 10.9. The van der Waals surface area contributed by atoms with Crippen molar-refractivity contribution in [2.75, 3.05) is 0 Å². The molecule has 6 nitrogen and oxygen atoms in total. The van der Waals surface area contributed by atoms with E-state index in [1.165, 1.54) is 0 Å². The van der Waals surface area contributed by atoms with E-state index in [1.54, 1.807) is 0 Å². The fraction of sp³-hybridized carbons (Fsp3) is 0. The van der Waals surface area contributed by atoms with Crippen LogP contribution in [0.5, 0.6) is 0 Å². The molecule has 322 valence electrons. The van der Waals surface area contributed by atoms with E-state index >= 15 is 0 Å². The summed E-state index contributed by atoms with van der Waals surface area (Å²) in [5.74, 6) is 1.67. The molecule has 4 heterocycles. The lowest BCUT2D eigenvalue weighted by Gasteiger charge is -2.16. The Balaban J connectivity index is 0.902. The third kappa shape index (κ3) is 5.98. The van der Waals surface area contributed by atoms with Crippen molar-refractivity contribution in [1.29, 1.82) is 10.5 Å². The number of fused-ring (bicyclic) bond motifs is 10. The molecule has 6 heteroatoms. The van der Waals surface area contributed by atoms with Crippen LogP contribution in [0.15, 0.2) is 218 Å². The second-order valence-corrected chi connectivity index (χ2v) is 18.0. The first-order valence-corrected chi connectivity index (χ1v) is 23.3. The van der Waals surface area contributed by atoms with Crippen molar-refractivity contribution < 1.29 is 0 Å². The lowest BCUT2D eigenvalue weighted by molar-refractivity contribution is 1.10. The molecule has 0 radical (unpaired) electrons. The molecule has 0 N–H and O–H groups in total. The van der Waals surface area contributed by atoms with Crippen molar-refractivity contribution in [3.05, 3.63) is 230 Å². The van der Waals surface area contributed by atoms with Crippen LogP contribution in [0, 0.1) is 22.7 Å². The minimum atomic E-state index is 0.619. The van der Waals surface area contributed by atoms with Crippen molar-refractivity contribution in [2.24, 2.45) is 0 Å². The second kappa shape index (κ2) is 15.3. The Labute approximate surface area is 401 Å². The zero-order valence-electron chi connectivity index (χ0n) is 37.5. The highest BCUT2D eigenvalue weighted by atomic mass is 15.1. The van der Waals surface area contributed by atoms with Gasteiger partial charge < -0.3 is 0 Å². The van der Waals surface area contributed by atoms with E-state index in [0.29, 0.717) is 11.1 Å². The summed E-state index contributed by atoms with van der Waals surface area (Å²) in [6.45, 7) is 0. The van der Waals surface area contributed by atoms with Gasteiger partial charge in [-0.1, -0.05) is 121 Å². The molecule has 10 aromatic carbocycles. The van der Waals surface area contributed by atoms with Crippen molar-refractivity contribution >= 4 is 87.0 Å². The van der Waals surface area contributed by atoms with Crippen molar-refractivity contribution in [1.82, 2.24) is 19.1 Å². The van der Waals surface area contributed by atoms with Gasteiger partial charge in [0, 0.05) is 32.3 Å². The monoisotopic (exact) mass is 888 g/mol. The number of aromatic nitrogens is 4. The first-order valence-electron chi connectivity index (χ1n) is 23.3. The number of hydrogen-bond donors (Lipinski definition) is 0. The molecule has 4 aromatic heterocycles. The third-order valence-electron chi connectivity index (χ3n) is 14.2. The summed E-state index contributed by atoms with van der Waals surface area (Å²) in [4.78, 5) is 10.2. The highest BCUT2D eigenvalue weighted by Gasteiger charge is 2.20. The molecule has 0 spiro atoms. The Kier molecular flexibility index (Phi) is 8.61. The number of para-hydroxylation sites is 2. The lowest BCUT2D eigenvalue weighted by Crippen LogP contribution is -1.97. The quantitative estimate of drug-likeness (QED) is 0.172. The van der Waals surface area contributed by atoms with E-state index < -0.39 is 0 Å². The molecule has 70 heavy (non-hydrogen) atoms. The second-order valence-electron chi connectivity index (χ2n) is 18.0. The summed E-state index contributed by atoms with van der Waals surface area (Å²) in [5, 5.41) is 31.0. The average Bonchev–Trinajstić information content (AvgIpc) is 3.93. The van der Waals surface area contributed by atoms with Crippen LogP contribution in [-0.2, 0) is 0 Å². The molecule has 0 fully saturated rings. The minimum absolute atomic E-state index is 0.619. The molecule has 14 aromatic rings. The van der Waals surface area contributed by atoms with Gasteiger partial charge in [-0.25, -0.2) is 9.97 Å². The van der Waals surface area contributed by atoms with Gasteiger partial charge in [0.2, 0.25) is 0 Å². The highest BCUT2D eigenvalue weighted by molar-refractivity contribution is 6.16. The summed E-state index contributed by atoms with van der Waals surface area (Å²) in [7, 11) is 0. The van der Waals surface area contributed by atoms with Crippen molar-refractivity contribution in [2.45, 2.75) is 0 Å². The molecule has 0 atom stereocenters. The first kappa shape index (κ1) is 39.3. The van der Waals surface area contributed by atoms with Gasteiger partial charge in [0.1, 0.15) is 11.6 Å². The maximum absolute atomic E-state index is 9.99. The summed E-state index contributed by atoms with van der Waals surface area (Å²) in [5.41, 5.74) is 13.9. The van der Waals surface area contributed by atoms with Crippen LogP contribution in [0.3, 0.4) is 0 Å². The Morgan fingerprint density at radius 1 is 0.300 bits per heavy atom. The first-order chi connectivity index (χ1) is 34.6. The molecule has 0 saturated carbocycles. The van der Waals surface area contributed by atoms with Gasteiger partial charge >= 0.3 is 0 Å². The van der Waals surface area contributed by atoms with E-state index in [2.05, 4.69) is 167 Å². The van der Waals surface area contributed by atoms with Gasteiger partial charge in [-0.15, -0.1) is 0 Å². The van der Waals surface area contributed by atoms with Gasteiger partial charge in [0.25, 0.3) is 0 Å². The van der Waals surface area contributed by atoms with Crippen LogP contribution in [-0.4, -0.2) is 19.1 Å². The van der Waals surface area contributed by atoms with Crippen LogP contribution < -0.4 is 0 Å². The van der Waals surface area contributed by atoms with Crippen molar-refractivity contribution in [3.8, 4) is 57.2 Å². The number of hydrogen-bond acceptors (Lipinski definition) is 4. The molecule has 0 bridgehead atoms. The number of rotatable bonds is 5. The summed E-state index contributed by atoms with van der Waals surface area (Å²) in [6, 6.07) is 81.2. The standard InChI is InChI=1S/C64H36N6/c65-37-39-17-27-59-53(33-39)55-35-43(19-29-61(55)69(59)63-31-21-41-9-1-7-15-57(41)67-63)45-23-25-51(49-13-5-3-11-47(45)49)52-26-24-46(48-12-4-6-14-50(48)52)44-20-30-62-56(36-44)54-34-40(38-66)18-28-60(54)70(62)64-32-22-42-10-2-8-16-58(42)68-64/h1-36H. The van der Waals surface area contributed by atoms with E-state index in [0.717, 1.165) is 132 Å². The number of pyridine rings is 2. The molecule has 14 rings (SSSR count). The van der Waals surface area contributed by atoms with Crippen LogP contribution >= 0.6 is 0 Å². The van der Waals surface area contributed by atoms with Gasteiger partial charge in [-0.2, -0.15) is 10.5 Å². The molecule has 0 aliphatic rings. The molecule has 0 aliphatic heterocycles. The summed E-state index contributed by atoms with van der Waals surface area (Å²) < 4.78 is 4.42. The maximum atomic E-state index is 9.99. The predicted octanol–water partition coefficient (Wildman–Crippen LogP) is 16.0.